The molecule has 0 radical (unpaired) electrons. The molecule has 1 aromatic carbocycles. The Hall–Kier alpha value is -3.90. The van der Waals surface area contributed by atoms with E-state index in [1.54, 1.807) is 24.2 Å². The molecule has 9 nitrogen and oxygen atoms in total. The molecule has 2 fully saturated rings. The van der Waals surface area contributed by atoms with E-state index >= 15 is 0 Å². The van der Waals surface area contributed by atoms with Crippen LogP contribution in [0.2, 0.25) is 0 Å². The van der Waals surface area contributed by atoms with Crippen molar-refractivity contribution in [3.8, 4) is 11.8 Å². The van der Waals surface area contributed by atoms with Gasteiger partial charge in [0.25, 0.3) is 0 Å². The van der Waals surface area contributed by atoms with Crippen LogP contribution in [0.3, 0.4) is 0 Å². The summed E-state index contributed by atoms with van der Waals surface area (Å²) in [6.45, 7) is 3.36. The largest absolute Gasteiger partial charge is 0.464 e. The molecule has 2 saturated heterocycles. The Balaban J connectivity index is 1.59. The number of rotatable bonds is 5. The van der Waals surface area contributed by atoms with Gasteiger partial charge >= 0.3 is 5.97 Å². The van der Waals surface area contributed by atoms with Gasteiger partial charge in [-0.15, -0.1) is 0 Å². The van der Waals surface area contributed by atoms with Crippen LogP contribution in [-0.4, -0.2) is 74.5 Å². The monoisotopic (exact) mass is 461 g/mol. The third-order valence-electron chi connectivity index (χ3n) is 5.85. The molecule has 0 aliphatic carbocycles. The normalized spacial score (nSPS) is 17.7. The molecule has 2 aliphatic heterocycles. The molecule has 4 rings (SSSR count). The van der Waals surface area contributed by atoms with Crippen LogP contribution >= 0.6 is 0 Å². The molecular formula is C25H27N5O4. The van der Waals surface area contributed by atoms with Gasteiger partial charge in [-0.25, -0.2) is 9.78 Å². The molecule has 1 unspecified atom stereocenters. The average Bonchev–Trinajstić information content (AvgIpc) is 3.20. The van der Waals surface area contributed by atoms with Crippen molar-refractivity contribution in [3.05, 3.63) is 47.7 Å². The van der Waals surface area contributed by atoms with Crippen molar-refractivity contribution in [2.45, 2.75) is 6.42 Å². The van der Waals surface area contributed by atoms with E-state index in [2.05, 4.69) is 27.0 Å². The van der Waals surface area contributed by atoms with E-state index in [-0.39, 0.29) is 17.5 Å². The third kappa shape index (κ3) is 5.18. The first-order valence-corrected chi connectivity index (χ1v) is 11.1. The number of hydrogen-bond donors (Lipinski definition) is 2. The van der Waals surface area contributed by atoms with Gasteiger partial charge in [-0.3, -0.25) is 10.2 Å². The van der Waals surface area contributed by atoms with Crippen molar-refractivity contribution in [1.29, 1.82) is 5.41 Å². The third-order valence-corrected chi connectivity index (χ3v) is 5.85. The summed E-state index contributed by atoms with van der Waals surface area (Å²) in [6, 6.07) is 9.18. The van der Waals surface area contributed by atoms with E-state index in [0.29, 0.717) is 43.4 Å². The molecule has 3 heterocycles. The quantitative estimate of drug-likeness (QED) is 0.399. The lowest BCUT2D eigenvalue weighted by atomic mass is 10.1. The fraction of sp³-hybridized carbons (Fsp3) is 0.360. The number of nitrogens with zero attached hydrogens (tertiary/aromatic N) is 3. The molecule has 1 amide bonds. The highest BCUT2D eigenvalue weighted by Gasteiger charge is 2.27. The van der Waals surface area contributed by atoms with Crippen LogP contribution in [0.5, 0.6) is 0 Å². The molecule has 2 aliphatic rings. The van der Waals surface area contributed by atoms with Gasteiger partial charge in [0.2, 0.25) is 5.91 Å². The summed E-state index contributed by atoms with van der Waals surface area (Å²) in [4.78, 5) is 32.5. The molecule has 1 aromatic heterocycles. The van der Waals surface area contributed by atoms with Gasteiger partial charge in [0.15, 0.2) is 5.71 Å². The van der Waals surface area contributed by atoms with Gasteiger partial charge in [-0.2, -0.15) is 0 Å². The van der Waals surface area contributed by atoms with Crippen molar-refractivity contribution < 1.29 is 19.1 Å². The number of hydrogen-bond acceptors (Lipinski definition) is 8. The van der Waals surface area contributed by atoms with Crippen LogP contribution in [-0.2, 0) is 19.1 Å². The number of methoxy groups -OCH3 is 1. The molecule has 9 heteroatoms. The lowest BCUT2D eigenvalue weighted by molar-refractivity contribution is -0.132. The number of carbonyl (C=O) groups is 2. The second-order valence-corrected chi connectivity index (χ2v) is 8.13. The molecule has 2 N–H and O–H groups in total. The summed E-state index contributed by atoms with van der Waals surface area (Å²) in [7, 11) is 3.04. The van der Waals surface area contributed by atoms with Crippen molar-refractivity contribution in [1.82, 2.24) is 9.88 Å². The molecule has 0 bridgehead atoms. The second kappa shape index (κ2) is 10.4. The van der Waals surface area contributed by atoms with Crippen molar-refractivity contribution in [2.24, 2.45) is 5.92 Å². The van der Waals surface area contributed by atoms with E-state index in [9.17, 15) is 9.59 Å². The molecule has 34 heavy (non-hydrogen) atoms. The Morgan fingerprint density at radius 1 is 1.26 bits per heavy atom. The van der Waals surface area contributed by atoms with E-state index < -0.39 is 5.97 Å². The zero-order chi connectivity index (χ0) is 24.1. The first kappa shape index (κ1) is 23.3. The van der Waals surface area contributed by atoms with Gasteiger partial charge in [-0.05, 0) is 30.7 Å². The van der Waals surface area contributed by atoms with E-state index in [4.69, 9.17) is 14.9 Å². The van der Waals surface area contributed by atoms with Crippen LogP contribution in [0.4, 0.5) is 17.2 Å². The number of amides is 1. The van der Waals surface area contributed by atoms with Crippen molar-refractivity contribution >= 4 is 34.8 Å². The van der Waals surface area contributed by atoms with Gasteiger partial charge in [0, 0.05) is 37.9 Å². The maximum Gasteiger partial charge on any atom is 0.356 e. The first-order valence-electron chi connectivity index (χ1n) is 11.1. The minimum atomic E-state index is -0.741. The second-order valence-electron chi connectivity index (χ2n) is 8.13. The summed E-state index contributed by atoms with van der Waals surface area (Å²) in [6.07, 6.45) is 2.45. The Labute approximate surface area is 198 Å². The summed E-state index contributed by atoms with van der Waals surface area (Å²) < 4.78 is 10.2. The van der Waals surface area contributed by atoms with Gasteiger partial charge in [-0.1, -0.05) is 17.9 Å². The number of morpholine rings is 1. The number of ether oxygens (including phenoxy) is 2. The minimum absolute atomic E-state index is 0.0531. The average molecular weight is 462 g/mol. The van der Waals surface area contributed by atoms with Crippen molar-refractivity contribution in [3.63, 3.8) is 0 Å². The highest BCUT2D eigenvalue weighted by Crippen LogP contribution is 2.26. The highest BCUT2D eigenvalue weighted by atomic mass is 16.5. The SMILES string of the molecule is COC(=O)C(=N)c1cc(N2CCOCC2)cnc1Nc1cccc(C#CC2CCN(C)C2=O)c1. The van der Waals surface area contributed by atoms with E-state index in [0.717, 1.165) is 24.2 Å². The Kier molecular flexibility index (Phi) is 7.09. The lowest BCUT2D eigenvalue weighted by Crippen LogP contribution is -2.36. The number of anilines is 3. The lowest BCUT2D eigenvalue weighted by Gasteiger charge is -2.29. The number of nitrogens with one attached hydrogen (secondary N) is 2. The predicted molar refractivity (Wildman–Crippen MR) is 128 cm³/mol. The topological polar surface area (TPSA) is 108 Å². The van der Waals surface area contributed by atoms with E-state index in [1.165, 1.54) is 7.11 Å². The zero-order valence-corrected chi connectivity index (χ0v) is 19.3. The van der Waals surface area contributed by atoms with Gasteiger partial charge < -0.3 is 24.6 Å². The summed E-state index contributed by atoms with van der Waals surface area (Å²) in [5, 5.41) is 11.5. The van der Waals surface area contributed by atoms with Crippen LogP contribution in [0.15, 0.2) is 36.5 Å². The van der Waals surface area contributed by atoms with Gasteiger partial charge in [0.1, 0.15) is 11.7 Å². The number of aromatic nitrogens is 1. The van der Waals surface area contributed by atoms with Gasteiger partial charge in [0.05, 0.1) is 37.8 Å². The molecule has 1 atom stereocenters. The molecular weight excluding hydrogens is 434 g/mol. The maximum absolute atomic E-state index is 12.1. The fourth-order valence-corrected chi connectivity index (χ4v) is 3.89. The molecule has 0 spiro atoms. The minimum Gasteiger partial charge on any atom is -0.464 e. The number of pyridine rings is 1. The summed E-state index contributed by atoms with van der Waals surface area (Å²) >= 11 is 0. The predicted octanol–water partition coefficient (Wildman–Crippen LogP) is 2.03. The Morgan fingerprint density at radius 2 is 2.06 bits per heavy atom. The fourth-order valence-electron chi connectivity index (χ4n) is 3.89. The van der Waals surface area contributed by atoms with Crippen molar-refractivity contribution in [2.75, 3.05) is 57.2 Å². The number of likely N-dealkylation sites (tertiary alicyclic amines) is 1. The standard InChI is InChI=1S/C25H27N5O4/c1-29-9-8-18(24(29)31)7-6-17-4-3-5-19(14-17)28-23-21(22(26)25(32)33-2)15-20(16-27-23)30-10-12-34-13-11-30/h3-5,14-16,18,26H,8-13H2,1-2H3,(H,27,28). The van der Waals surface area contributed by atoms with Crippen LogP contribution in [0.25, 0.3) is 0 Å². The smallest absolute Gasteiger partial charge is 0.356 e. The number of esters is 1. The number of carbonyl (C=O) groups excluding carboxylic acids is 2. The Bertz CT molecular complexity index is 1160. The molecule has 0 saturated carbocycles. The molecule has 2 aromatic rings. The van der Waals surface area contributed by atoms with Crippen LogP contribution in [0, 0.1) is 23.2 Å². The zero-order valence-electron chi connectivity index (χ0n) is 19.3. The highest BCUT2D eigenvalue weighted by molar-refractivity contribution is 6.43. The summed E-state index contributed by atoms with van der Waals surface area (Å²) in [5.41, 5.74) is 2.32. The summed E-state index contributed by atoms with van der Waals surface area (Å²) in [5.74, 6) is 5.56. The Morgan fingerprint density at radius 3 is 2.76 bits per heavy atom. The van der Waals surface area contributed by atoms with Crippen LogP contribution in [0.1, 0.15) is 17.5 Å². The maximum atomic E-state index is 12.1. The molecule has 176 valence electrons. The van der Waals surface area contributed by atoms with E-state index in [1.807, 2.05) is 24.3 Å². The van der Waals surface area contributed by atoms with Crippen LogP contribution < -0.4 is 10.2 Å². The first-order chi connectivity index (χ1) is 16.5. The number of benzene rings is 1.